The highest BCUT2D eigenvalue weighted by atomic mass is 19.1. The Morgan fingerprint density at radius 1 is 1.15 bits per heavy atom. The van der Waals surface area contributed by atoms with Crippen molar-refractivity contribution in [2.45, 2.75) is 13.3 Å². The molecule has 26 heavy (non-hydrogen) atoms. The normalized spacial score (nSPS) is 19.4. The number of carboxylic acid groups (broad SMARTS) is 1. The van der Waals surface area contributed by atoms with E-state index < -0.39 is 23.0 Å². The first-order chi connectivity index (χ1) is 12.3. The quantitative estimate of drug-likeness (QED) is 0.902. The summed E-state index contributed by atoms with van der Waals surface area (Å²) in [6.07, 6.45) is 0.402. The molecule has 1 aliphatic heterocycles. The molecule has 136 valence electrons. The van der Waals surface area contributed by atoms with Crippen molar-refractivity contribution >= 4 is 11.9 Å². The maximum Gasteiger partial charge on any atom is 0.311 e. The summed E-state index contributed by atoms with van der Waals surface area (Å²) >= 11 is 0. The topological polar surface area (TPSA) is 66.8 Å². The van der Waals surface area contributed by atoms with E-state index in [0.29, 0.717) is 24.3 Å². The van der Waals surface area contributed by atoms with Gasteiger partial charge in [-0.15, -0.1) is 0 Å². The molecule has 5 nitrogen and oxygen atoms in total. The smallest absolute Gasteiger partial charge is 0.311 e. The molecule has 3 rings (SSSR count). The molecule has 1 atom stereocenters. The van der Waals surface area contributed by atoms with Gasteiger partial charge in [0.1, 0.15) is 11.6 Å². The number of hydrogen-bond donors (Lipinski definition) is 1. The summed E-state index contributed by atoms with van der Waals surface area (Å²) in [6.45, 7) is 2.15. The minimum atomic E-state index is -0.932. The lowest BCUT2D eigenvalue weighted by atomic mass is 9.90. The molecule has 0 aromatic heterocycles. The second kappa shape index (κ2) is 6.74. The van der Waals surface area contributed by atoms with Crippen LogP contribution in [0.2, 0.25) is 0 Å². The van der Waals surface area contributed by atoms with Crippen LogP contribution in [0.3, 0.4) is 0 Å². The molecule has 1 fully saturated rings. The lowest BCUT2D eigenvalue weighted by molar-refractivity contribution is -0.147. The van der Waals surface area contributed by atoms with Crippen molar-refractivity contribution in [1.82, 2.24) is 4.90 Å². The highest BCUT2D eigenvalue weighted by Crippen LogP contribution is 2.31. The third-order valence-electron chi connectivity index (χ3n) is 4.50. The Balaban J connectivity index is 1.69. The van der Waals surface area contributed by atoms with Gasteiger partial charge in [-0.1, -0.05) is 0 Å². The van der Waals surface area contributed by atoms with Crippen molar-refractivity contribution in [3.05, 3.63) is 59.7 Å². The lowest BCUT2D eigenvalue weighted by Crippen LogP contribution is -2.34. The van der Waals surface area contributed by atoms with E-state index >= 15 is 0 Å². The second-order valence-electron chi connectivity index (χ2n) is 6.54. The number of halogens is 2. The number of rotatable bonds is 4. The summed E-state index contributed by atoms with van der Waals surface area (Å²) in [5.41, 5.74) is -0.551. The van der Waals surface area contributed by atoms with Crippen LogP contribution in [0.15, 0.2) is 42.5 Å². The molecule has 1 saturated heterocycles. The van der Waals surface area contributed by atoms with Gasteiger partial charge < -0.3 is 14.7 Å². The van der Waals surface area contributed by atoms with Crippen LogP contribution < -0.4 is 4.74 Å². The zero-order chi connectivity index (χ0) is 18.9. The molecule has 2 aromatic carbocycles. The highest BCUT2D eigenvalue weighted by Gasteiger charge is 2.42. The number of aliphatic carboxylic acids is 1. The Morgan fingerprint density at radius 2 is 1.85 bits per heavy atom. The van der Waals surface area contributed by atoms with E-state index in [1.165, 1.54) is 35.2 Å². The Labute approximate surface area is 148 Å². The predicted octanol–water partition coefficient (Wildman–Crippen LogP) is 3.69. The maximum atomic E-state index is 13.6. The van der Waals surface area contributed by atoms with Gasteiger partial charge in [-0.25, -0.2) is 8.78 Å². The number of nitrogens with zero attached hydrogens (tertiary/aromatic N) is 1. The summed E-state index contributed by atoms with van der Waals surface area (Å²) in [5, 5.41) is 9.25. The van der Waals surface area contributed by atoms with Crippen molar-refractivity contribution < 1.29 is 28.2 Å². The molecule has 0 spiro atoms. The van der Waals surface area contributed by atoms with E-state index in [1.54, 1.807) is 6.92 Å². The van der Waals surface area contributed by atoms with Crippen LogP contribution in [0, 0.1) is 17.0 Å². The summed E-state index contributed by atoms with van der Waals surface area (Å²) in [4.78, 5) is 25.3. The predicted molar refractivity (Wildman–Crippen MR) is 89.1 cm³/mol. The number of carbonyl (C=O) groups is 2. The average Bonchev–Trinajstić information content (AvgIpc) is 3.01. The van der Waals surface area contributed by atoms with E-state index in [4.69, 9.17) is 4.74 Å². The monoisotopic (exact) mass is 361 g/mol. The third kappa shape index (κ3) is 3.51. The van der Waals surface area contributed by atoms with Crippen LogP contribution >= 0.6 is 0 Å². The van der Waals surface area contributed by atoms with Crippen LogP contribution in [0.5, 0.6) is 11.5 Å². The van der Waals surface area contributed by atoms with E-state index in [0.717, 1.165) is 12.1 Å². The summed E-state index contributed by atoms with van der Waals surface area (Å²) in [6, 6.07) is 9.04. The zero-order valence-electron chi connectivity index (χ0n) is 14.0. The Kier molecular flexibility index (Phi) is 4.63. The van der Waals surface area contributed by atoms with Gasteiger partial charge in [-0.2, -0.15) is 0 Å². The Hall–Kier alpha value is -2.96. The molecule has 7 heteroatoms. The minimum absolute atomic E-state index is 0.123. The molecule has 0 bridgehead atoms. The number of amides is 1. The first kappa shape index (κ1) is 17.8. The van der Waals surface area contributed by atoms with Crippen LogP contribution in [0.1, 0.15) is 23.7 Å². The lowest BCUT2D eigenvalue weighted by Gasteiger charge is -2.20. The van der Waals surface area contributed by atoms with Crippen molar-refractivity contribution in [3.8, 4) is 11.5 Å². The first-order valence-electron chi connectivity index (χ1n) is 8.04. The number of carboxylic acids is 1. The maximum absolute atomic E-state index is 13.6. The van der Waals surface area contributed by atoms with Crippen LogP contribution in [-0.4, -0.2) is 35.0 Å². The molecule has 0 saturated carbocycles. The molecule has 2 aromatic rings. The number of likely N-dealkylation sites (tertiary alicyclic amines) is 1. The van der Waals surface area contributed by atoms with Gasteiger partial charge in [-0.3, -0.25) is 9.59 Å². The highest BCUT2D eigenvalue weighted by molar-refractivity contribution is 5.95. The van der Waals surface area contributed by atoms with Crippen molar-refractivity contribution in [2.24, 2.45) is 5.41 Å². The van der Waals surface area contributed by atoms with Gasteiger partial charge in [0.2, 0.25) is 0 Å². The van der Waals surface area contributed by atoms with Gasteiger partial charge in [0, 0.05) is 24.7 Å². The molecular formula is C19H17F2NO4. The van der Waals surface area contributed by atoms with Gasteiger partial charge >= 0.3 is 5.97 Å². The molecule has 1 N–H and O–H groups in total. The molecule has 1 amide bonds. The van der Waals surface area contributed by atoms with Crippen LogP contribution in [0.25, 0.3) is 0 Å². The second-order valence-corrected chi connectivity index (χ2v) is 6.54. The summed E-state index contributed by atoms with van der Waals surface area (Å²) in [5.74, 6) is -2.54. The van der Waals surface area contributed by atoms with Crippen LogP contribution in [-0.2, 0) is 4.79 Å². The number of benzene rings is 2. The van der Waals surface area contributed by atoms with E-state index in [2.05, 4.69) is 0 Å². The summed E-state index contributed by atoms with van der Waals surface area (Å²) in [7, 11) is 0. The largest absolute Gasteiger partial charge is 0.481 e. The minimum Gasteiger partial charge on any atom is -0.481 e. The molecule has 1 unspecified atom stereocenters. The molecular weight excluding hydrogens is 344 g/mol. The molecule has 0 radical (unpaired) electrons. The molecule has 0 aliphatic carbocycles. The fourth-order valence-corrected chi connectivity index (χ4v) is 2.84. The fourth-order valence-electron chi connectivity index (χ4n) is 2.84. The van der Waals surface area contributed by atoms with Crippen LogP contribution in [0.4, 0.5) is 8.78 Å². The molecule has 1 aliphatic rings. The van der Waals surface area contributed by atoms with E-state index in [-0.39, 0.29) is 18.2 Å². The standard InChI is InChI=1S/C19H17F2NO4/c1-19(18(24)25)8-9-22(11-19)17(23)12-2-5-14(6-3-12)26-16-7-4-13(20)10-15(16)21/h2-7,10H,8-9,11H2,1H3,(H,24,25). The van der Waals surface area contributed by atoms with Gasteiger partial charge in [-0.05, 0) is 49.7 Å². The molecule has 1 heterocycles. The average molecular weight is 361 g/mol. The van der Waals surface area contributed by atoms with E-state index in [1.807, 2.05) is 0 Å². The van der Waals surface area contributed by atoms with E-state index in [9.17, 15) is 23.5 Å². The SMILES string of the molecule is CC1(C(=O)O)CCN(C(=O)c2ccc(Oc3ccc(F)cc3F)cc2)C1. The Morgan fingerprint density at radius 3 is 2.42 bits per heavy atom. The summed E-state index contributed by atoms with van der Waals surface area (Å²) < 4.78 is 31.9. The Bertz CT molecular complexity index is 853. The zero-order valence-corrected chi connectivity index (χ0v) is 14.0. The van der Waals surface area contributed by atoms with Gasteiger partial charge in [0.05, 0.1) is 5.41 Å². The van der Waals surface area contributed by atoms with Gasteiger partial charge in [0.25, 0.3) is 5.91 Å². The fraction of sp³-hybridized carbons (Fsp3) is 0.263. The van der Waals surface area contributed by atoms with Crippen molar-refractivity contribution in [3.63, 3.8) is 0 Å². The first-order valence-corrected chi connectivity index (χ1v) is 8.04. The number of carbonyl (C=O) groups excluding carboxylic acids is 1. The van der Waals surface area contributed by atoms with Crippen molar-refractivity contribution in [2.75, 3.05) is 13.1 Å². The number of hydrogen-bond acceptors (Lipinski definition) is 3. The van der Waals surface area contributed by atoms with Gasteiger partial charge in [0.15, 0.2) is 11.6 Å². The third-order valence-corrected chi connectivity index (χ3v) is 4.50. The number of ether oxygens (including phenoxy) is 1. The van der Waals surface area contributed by atoms with Crippen molar-refractivity contribution in [1.29, 1.82) is 0 Å².